The minimum atomic E-state index is 0.653. The molecule has 0 amide bonds. The van der Waals surface area contributed by atoms with Gasteiger partial charge in [0.1, 0.15) is 11.5 Å². The van der Waals surface area contributed by atoms with Crippen molar-refractivity contribution < 1.29 is 9.47 Å². The van der Waals surface area contributed by atoms with Crippen molar-refractivity contribution in [2.45, 2.75) is 19.3 Å². The molecule has 0 aliphatic carbocycles. The van der Waals surface area contributed by atoms with Crippen LogP contribution in [0.5, 0.6) is 17.4 Å². The Balaban J connectivity index is 1.18. The number of methoxy groups -OCH3 is 1. The summed E-state index contributed by atoms with van der Waals surface area (Å²) in [6.07, 6.45) is 11.3. The summed E-state index contributed by atoms with van der Waals surface area (Å²) in [5.41, 5.74) is 7.02. The van der Waals surface area contributed by atoms with Crippen LogP contribution in [0.4, 0.5) is 0 Å². The third-order valence-corrected chi connectivity index (χ3v) is 7.46. The number of rotatable bonds is 5. The van der Waals surface area contributed by atoms with Gasteiger partial charge < -0.3 is 14.5 Å². The fourth-order valence-electron chi connectivity index (χ4n) is 5.26. The minimum Gasteiger partial charge on any atom is -0.496 e. The van der Waals surface area contributed by atoms with E-state index in [0.717, 1.165) is 72.1 Å². The molecular weight excluding hydrogens is 470 g/mol. The first-order valence-corrected chi connectivity index (χ1v) is 12.7. The van der Waals surface area contributed by atoms with Gasteiger partial charge in [0.05, 0.1) is 17.6 Å². The molecule has 36 heavy (non-hydrogen) atoms. The van der Waals surface area contributed by atoms with Crippen molar-refractivity contribution in [2.24, 2.45) is 0 Å². The minimum absolute atomic E-state index is 0.653. The Morgan fingerprint density at radius 2 is 2.06 bits per heavy atom. The first-order chi connectivity index (χ1) is 17.7. The average molecular weight is 498 g/mol. The van der Waals surface area contributed by atoms with Gasteiger partial charge in [-0.2, -0.15) is 0 Å². The maximum atomic E-state index is 6.36. The second-order valence-electron chi connectivity index (χ2n) is 9.23. The molecule has 6 heteroatoms. The van der Waals surface area contributed by atoms with Crippen molar-refractivity contribution in [2.75, 3.05) is 26.7 Å². The maximum absolute atomic E-state index is 6.36. The predicted octanol–water partition coefficient (Wildman–Crippen LogP) is 7.14. The van der Waals surface area contributed by atoms with Crippen LogP contribution in [0.25, 0.3) is 22.0 Å². The van der Waals surface area contributed by atoms with Crippen LogP contribution in [0, 0.1) is 0 Å². The quantitative estimate of drug-likeness (QED) is 0.318. The van der Waals surface area contributed by atoms with Gasteiger partial charge in [-0.3, -0.25) is 4.90 Å². The highest BCUT2D eigenvalue weighted by atomic mass is 35.5. The van der Waals surface area contributed by atoms with E-state index in [2.05, 4.69) is 45.3 Å². The number of hydrogen-bond donors (Lipinski definition) is 1. The third-order valence-electron chi connectivity index (χ3n) is 7.14. The number of fused-ring (bicyclic) bond motifs is 3. The number of para-hydroxylation sites is 1. The van der Waals surface area contributed by atoms with E-state index >= 15 is 0 Å². The molecule has 1 N–H and O–H groups in total. The summed E-state index contributed by atoms with van der Waals surface area (Å²) in [6.45, 7) is 2.99. The van der Waals surface area contributed by atoms with Crippen LogP contribution in [-0.2, 0) is 6.42 Å². The third kappa shape index (κ3) is 4.29. The number of nitrogens with one attached hydrogen (secondary N) is 1. The van der Waals surface area contributed by atoms with Crippen LogP contribution >= 0.6 is 11.6 Å². The van der Waals surface area contributed by atoms with Crippen LogP contribution in [0.15, 0.2) is 73.1 Å². The second kappa shape index (κ2) is 9.84. The summed E-state index contributed by atoms with van der Waals surface area (Å²) in [7, 11) is 1.71. The molecule has 2 aromatic heterocycles. The van der Waals surface area contributed by atoms with E-state index in [1.165, 1.54) is 22.1 Å². The number of pyridine rings is 1. The topological polar surface area (TPSA) is 50.4 Å². The van der Waals surface area contributed by atoms with E-state index in [4.69, 9.17) is 21.1 Å². The maximum Gasteiger partial charge on any atom is 0.226 e. The van der Waals surface area contributed by atoms with E-state index < -0.39 is 0 Å². The lowest BCUT2D eigenvalue weighted by Crippen LogP contribution is -2.29. The molecule has 6 rings (SSSR count). The zero-order valence-electron chi connectivity index (χ0n) is 20.3. The smallest absolute Gasteiger partial charge is 0.226 e. The van der Waals surface area contributed by atoms with Crippen molar-refractivity contribution in [3.05, 3.63) is 94.8 Å². The second-order valence-corrected chi connectivity index (χ2v) is 9.64. The molecule has 0 atom stereocenters. The summed E-state index contributed by atoms with van der Waals surface area (Å²) in [4.78, 5) is 10.4. The molecule has 0 saturated carbocycles. The number of aromatic amines is 1. The van der Waals surface area contributed by atoms with E-state index in [-0.39, 0.29) is 0 Å². The summed E-state index contributed by atoms with van der Waals surface area (Å²) >= 11 is 6.36. The van der Waals surface area contributed by atoms with Gasteiger partial charge in [0.2, 0.25) is 5.88 Å². The van der Waals surface area contributed by atoms with Crippen LogP contribution < -0.4 is 9.47 Å². The zero-order valence-corrected chi connectivity index (χ0v) is 21.0. The lowest BCUT2D eigenvalue weighted by atomic mass is 9.97. The Bertz CT molecular complexity index is 1490. The number of benzene rings is 2. The molecule has 2 aliphatic rings. The van der Waals surface area contributed by atoms with E-state index in [0.29, 0.717) is 5.88 Å². The van der Waals surface area contributed by atoms with Gasteiger partial charge in [0.15, 0.2) is 0 Å². The summed E-state index contributed by atoms with van der Waals surface area (Å²) in [6, 6.07) is 16.1. The Kier molecular flexibility index (Phi) is 6.26. The summed E-state index contributed by atoms with van der Waals surface area (Å²) < 4.78 is 11.8. The monoisotopic (exact) mass is 497 g/mol. The Morgan fingerprint density at radius 3 is 2.92 bits per heavy atom. The van der Waals surface area contributed by atoms with Crippen LogP contribution in [0.1, 0.15) is 29.5 Å². The van der Waals surface area contributed by atoms with E-state index in [1.54, 1.807) is 13.3 Å². The molecule has 0 fully saturated rings. The molecule has 0 unspecified atom stereocenters. The van der Waals surface area contributed by atoms with Crippen molar-refractivity contribution in [1.29, 1.82) is 0 Å². The largest absolute Gasteiger partial charge is 0.496 e. The van der Waals surface area contributed by atoms with Crippen LogP contribution in [0.2, 0.25) is 5.02 Å². The predicted molar refractivity (Wildman–Crippen MR) is 146 cm³/mol. The Morgan fingerprint density at radius 1 is 1.14 bits per heavy atom. The van der Waals surface area contributed by atoms with Crippen LogP contribution in [-0.4, -0.2) is 41.6 Å². The van der Waals surface area contributed by atoms with Gasteiger partial charge in [-0.1, -0.05) is 42.0 Å². The molecule has 2 aromatic carbocycles. The normalized spacial score (nSPS) is 16.7. The van der Waals surface area contributed by atoms with Gasteiger partial charge in [-0.05, 0) is 54.3 Å². The first kappa shape index (κ1) is 22.9. The van der Waals surface area contributed by atoms with Crippen molar-refractivity contribution >= 4 is 33.7 Å². The van der Waals surface area contributed by atoms with E-state index in [9.17, 15) is 0 Å². The molecule has 4 aromatic rings. The summed E-state index contributed by atoms with van der Waals surface area (Å²) in [5.74, 6) is 2.31. The highest BCUT2D eigenvalue weighted by Gasteiger charge is 2.22. The van der Waals surface area contributed by atoms with Crippen molar-refractivity contribution in [1.82, 2.24) is 14.9 Å². The van der Waals surface area contributed by atoms with E-state index in [1.807, 2.05) is 36.4 Å². The fraction of sp³-hybridized carbons (Fsp3) is 0.233. The van der Waals surface area contributed by atoms with Gasteiger partial charge in [0, 0.05) is 60.5 Å². The molecular formula is C30H28ClN3O2. The molecule has 182 valence electrons. The molecule has 0 saturated heterocycles. The lowest BCUT2D eigenvalue weighted by molar-refractivity contribution is 0.308. The number of H-pyrrole nitrogens is 1. The zero-order chi connectivity index (χ0) is 24.5. The lowest BCUT2D eigenvalue weighted by Gasteiger charge is -2.26. The van der Waals surface area contributed by atoms with Gasteiger partial charge in [0.25, 0.3) is 0 Å². The van der Waals surface area contributed by atoms with Crippen molar-refractivity contribution in [3.63, 3.8) is 0 Å². The average Bonchev–Trinajstić information content (AvgIpc) is 3.28. The molecule has 4 heterocycles. The van der Waals surface area contributed by atoms with Gasteiger partial charge in [-0.15, -0.1) is 0 Å². The molecule has 5 nitrogen and oxygen atoms in total. The number of aromatic nitrogens is 2. The van der Waals surface area contributed by atoms with Crippen molar-refractivity contribution in [3.8, 4) is 17.4 Å². The molecule has 2 aliphatic heterocycles. The van der Waals surface area contributed by atoms with Gasteiger partial charge >= 0.3 is 0 Å². The fourth-order valence-corrected chi connectivity index (χ4v) is 5.49. The highest BCUT2D eigenvalue weighted by molar-refractivity contribution is 6.35. The standard InChI is InChI=1S/C30H28ClN3O2/c1-35-27-10-3-11-28-24(27)18-21(22-8-4-14-32-30(22)36-28)6-5-15-34-16-12-20(13-17-34)25-19-33-29-23(25)7-2-9-26(29)31/h2-4,6-12,14,19,33H,5,13,15-18H2,1H3. The number of allylic oxidation sites excluding steroid dienone is 1. The van der Waals surface area contributed by atoms with Gasteiger partial charge in [-0.25, -0.2) is 4.98 Å². The Hall–Kier alpha value is -3.54. The number of hydrogen-bond acceptors (Lipinski definition) is 4. The number of ether oxygens (including phenoxy) is 2. The number of nitrogens with zero attached hydrogens (tertiary/aromatic N) is 2. The molecule has 0 radical (unpaired) electrons. The highest BCUT2D eigenvalue weighted by Crippen LogP contribution is 2.41. The van der Waals surface area contributed by atoms with Crippen LogP contribution in [0.3, 0.4) is 0 Å². The Labute approximate surface area is 216 Å². The first-order valence-electron chi connectivity index (χ1n) is 12.4. The molecule has 0 bridgehead atoms. The SMILES string of the molecule is COc1cccc2c1CC(=CCCN1CC=C(c3c[nH]c4c(Cl)cccc34)CC1)c1cccnc1O2. The number of halogens is 1. The molecule has 0 spiro atoms. The summed E-state index contributed by atoms with van der Waals surface area (Å²) in [5, 5.41) is 1.97.